The Morgan fingerprint density at radius 3 is 2.03 bits per heavy atom. The lowest BCUT2D eigenvalue weighted by Gasteiger charge is -2.22. The number of benzene rings is 2. The SMILES string of the molecule is Cl.O=C(CCCCCCCCCCCc1ccccc1P)N[C@H](CO)[C@H](O)c1ccc([N+](=O)[O-])cc1. The Balaban J connectivity index is 0.00000648. The smallest absolute Gasteiger partial charge is 0.269 e. The Morgan fingerprint density at radius 1 is 0.917 bits per heavy atom. The third-order valence-electron chi connectivity index (χ3n) is 6.27. The average molecular weight is 539 g/mol. The first-order chi connectivity index (χ1) is 16.9. The van der Waals surface area contributed by atoms with Gasteiger partial charge in [0, 0.05) is 18.6 Å². The molecule has 2 rings (SSSR count). The van der Waals surface area contributed by atoms with Gasteiger partial charge in [-0.15, -0.1) is 21.6 Å². The number of nitrogens with zero attached hydrogens (tertiary/aromatic N) is 1. The first kappa shape index (κ1) is 32.0. The van der Waals surface area contributed by atoms with Crippen LogP contribution in [0.15, 0.2) is 48.5 Å². The van der Waals surface area contributed by atoms with Crippen LogP contribution in [0, 0.1) is 10.1 Å². The van der Waals surface area contributed by atoms with Crippen molar-refractivity contribution in [1.29, 1.82) is 0 Å². The highest BCUT2D eigenvalue weighted by Gasteiger charge is 2.22. The average Bonchev–Trinajstić information content (AvgIpc) is 2.86. The van der Waals surface area contributed by atoms with Gasteiger partial charge in [0.25, 0.3) is 5.69 Å². The summed E-state index contributed by atoms with van der Waals surface area (Å²) in [5, 5.41) is 34.7. The molecule has 0 aliphatic heterocycles. The van der Waals surface area contributed by atoms with Crippen molar-refractivity contribution in [2.24, 2.45) is 0 Å². The van der Waals surface area contributed by atoms with Gasteiger partial charge in [-0.3, -0.25) is 14.9 Å². The lowest BCUT2D eigenvalue weighted by Crippen LogP contribution is -2.41. The summed E-state index contributed by atoms with van der Waals surface area (Å²) in [5.41, 5.74) is 1.75. The quantitative estimate of drug-likeness (QED) is 0.111. The van der Waals surface area contributed by atoms with Crippen LogP contribution in [0.2, 0.25) is 0 Å². The van der Waals surface area contributed by atoms with Gasteiger partial charge in [-0.25, -0.2) is 0 Å². The first-order valence-electron chi connectivity index (χ1n) is 12.6. The Bertz CT molecular complexity index is 913. The normalized spacial score (nSPS) is 12.4. The molecule has 200 valence electrons. The number of nitro groups is 1. The largest absolute Gasteiger partial charge is 0.394 e. The van der Waals surface area contributed by atoms with Crippen molar-refractivity contribution in [3.8, 4) is 0 Å². The molecule has 0 spiro atoms. The second-order valence-electron chi connectivity index (χ2n) is 9.03. The van der Waals surface area contributed by atoms with Gasteiger partial charge in [0.2, 0.25) is 5.91 Å². The van der Waals surface area contributed by atoms with Crippen molar-refractivity contribution < 1.29 is 19.9 Å². The molecule has 0 saturated carbocycles. The minimum absolute atomic E-state index is 0. The van der Waals surface area contributed by atoms with Gasteiger partial charge >= 0.3 is 0 Å². The van der Waals surface area contributed by atoms with Crippen LogP contribution in [0.3, 0.4) is 0 Å². The second-order valence-corrected chi connectivity index (χ2v) is 9.65. The number of aliphatic hydroxyl groups is 2. The van der Waals surface area contributed by atoms with Crippen LogP contribution in [0.4, 0.5) is 5.69 Å². The minimum Gasteiger partial charge on any atom is -0.394 e. The molecule has 1 unspecified atom stereocenters. The summed E-state index contributed by atoms with van der Waals surface area (Å²) in [5.74, 6) is -0.211. The van der Waals surface area contributed by atoms with E-state index in [1.54, 1.807) is 0 Å². The third kappa shape index (κ3) is 11.8. The zero-order valence-corrected chi connectivity index (χ0v) is 22.8. The lowest BCUT2D eigenvalue weighted by atomic mass is 10.0. The maximum Gasteiger partial charge on any atom is 0.269 e. The topological polar surface area (TPSA) is 113 Å². The number of hydrogen-bond donors (Lipinski definition) is 3. The van der Waals surface area contributed by atoms with Crippen LogP contribution >= 0.6 is 21.6 Å². The number of rotatable bonds is 17. The molecular weight excluding hydrogens is 499 g/mol. The van der Waals surface area contributed by atoms with Gasteiger partial charge in [0.05, 0.1) is 17.6 Å². The molecule has 1 amide bonds. The van der Waals surface area contributed by atoms with E-state index < -0.39 is 23.7 Å². The molecule has 3 N–H and O–H groups in total. The van der Waals surface area contributed by atoms with Crippen molar-refractivity contribution >= 4 is 38.5 Å². The monoisotopic (exact) mass is 538 g/mol. The molecule has 0 saturated heterocycles. The number of nitrogens with one attached hydrogen (secondary N) is 1. The van der Waals surface area contributed by atoms with Gasteiger partial charge in [-0.05, 0) is 47.8 Å². The van der Waals surface area contributed by atoms with Gasteiger partial charge < -0.3 is 15.5 Å². The summed E-state index contributed by atoms with van der Waals surface area (Å²) in [6.07, 6.45) is 10.6. The summed E-state index contributed by atoms with van der Waals surface area (Å²) >= 11 is 0. The molecule has 2 aromatic carbocycles. The molecule has 3 atom stereocenters. The van der Waals surface area contributed by atoms with E-state index in [9.17, 15) is 25.1 Å². The van der Waals surface area contributed by atoms with Gasteiger partial charge in [-0.2, -0.15) is 0 Å². The van der Waals surface area contributed by atoms with Gasteiger partial charge in [0.15, 0.2) is 0 Å². The Morgan fingerprint density at radius 2 is 1.47 bits per heavy atom. The zero-order chi connectivity index (χ0) is 25.5. The number of carbonyl (C=O) groups excluding carboxylic acids is 1. The van der Waals surface area contributed by atoms with Gasteiger partial charge in [0.1, 0.15) is 6.10 Å². The fraction of sp³-hybridized carbons (Fsp3) is 0.519. The maximum atomic E-state index is 12.2. The number of carbonyl (C=O) groups is 1. The fourth-order valence-electron chi connectivity index (χ4n) is 4.13. The van der Waals surface area contributed by atoms with Crippen molar-refractivity contribution in [3.05, 3.63) is 69.8 Å². The molecule has 0 fully saturated rings. The summed E-state index contributed by atoms with van der Waals surface area (Å²) in [6, 6.07) is 13.1. The number of aryl methyl sites for hydroxylation is 1. The van der Waals surface area contributed by atoms with Gasteiger partial charge in [-0.1, -0.05) is 69.2 Å². The third-order valence-corrected chi connectivity index (χ3v) is 6.84. The van der Waals surface area contributed by atoms with E-state index in [1.807, 2.05) is 0 Å². The number of non-ortho nitro benzene ring substituents is 1. The van der Waals surface area contributed by atoms with E-state index in [0.29, 0.717) is 12.0 Å². The summed E-state index contributed by atoms with van der Waals surface area (Å²) in [4.78, 5) is 22.5. The molecule has 0 bridgehead atoms. The first-order valence-corrected chi connectivity index (χ1v) is 13.2. The van der Waals surface area contributed by atoms with E-state index in [-0.39, 0.29) is 24.0 Å². The standard InChI is InChI=1S/C27H39N2O5P.ClH/c30-20-24(27(32)22-16-18-23(19-17-22)29(33)34)28-26(31)15-9-7-5-3-1-2-4-6-8-12-21-13-10-11-14-25(21)35;/h10-11,13-14,16-19,24,27,30,32H,1-9,12,15,20,35H2,(H,28,31);1H/t24-,27-;/m1./s1. The Kier molecular flexibility index (Phi) is 16.2. The lowest BCUT2D eigenvalue weighted by molar-refractivity contribution is -0.384. The van der Waals surface area contributed by atoms with Crippen LogP contribution in [0.5, 0.6) is 0 Å². The highest BCUT2D eigenvalue weighted by atomic mass is 35.5. The Labute approximate surface area is 222 Å². The second kappa shape index (κ2) is 18.2. The molecule has 7 nitrogen and oxygen atoms in total. The van der Waals surface area contributed by atoms with Crippen LogP contribution in [0.1, 0.15) is 81.4 Å². The highest BCUT2D eigenvalue weighted by Crippen LogP contribution is 2.21. The summed E-state index contributed by atoms with van der Waals surface area (Å²) in [6.45, 7) is -0.423. The van der Waals surface area contributed by atoms with E-state index in [2.05, 4.69) is 38.8 Å². The maximum absolute atomic E-state index is 12.2. The Hall–Kier alpha value is -2.05. The number of halogens is 1. The summed E-state index contributed by atoms with van der Waals surface area (Å²) < 4.78 is 0. The van der Waals surface area contributed by atoms with E-state index in [1.165, 1.54) is 73.7 Å². The predicted octanol–water partition coefficient (Wildman–Crippen LogP) is 5.17. The number of hydrogen-bond acceptors (Lipinski definition) is 5. The molecular formula is C27H40ClN2O5P. The van der Waals surface area contributed by atoms with E-state index >= 15 is 0 Å². The fourth-order valence-corrected chi connectivity index (χ4v) is 4.48. The van der Waals surface area contributed by atoms with Crippen LogP contribution in [-0.4, -0.2) is 33.7 Å². The molecule has 0 heterocycles. The number of nitro benzene ring substituents is 1. The molecule has 0 radical (unpaired) electrons. The molecule has 0 aliphatic rings. The van der Waals surface area contributed by atoms with Crippen LogP contribution in [0.25, 0.3) is 0 Å². The number of amides is 1. The van der Waals surface area contributed by atoms with Crippen molar-refractivity contribution in [2.45, 2.75) is 82.8 Å². The van der Waals surface area contributed by atoms with Crippen molar-refractivity contribution in [1.82, 2.24) is 5.32 Å². The van der Waals surface area contributed by atoms with Crippen LogP contribution in [-0.2, 0) is 11.2 Å². The molecule has 0 aliphatic carbocycles. The highest BCUT2D eigenvalue weighted by molar-refractivity contribution is 7.27. The van der Waals surface area contributed by atoms with Crippen LogP contribution < -0.4 is 10.6 Å². The zero-order valence-electron chi connectivity index (χ0n) is 20.8. The van der Waals surface area contributed by atoms with E-state index in [0.717, 1.165) is 25.7 Å². The van der Waals surface area contributed by atoms with Crippen molar-refractivity contribution in [3.63, 3.8) is 0 Å². The molecule has 2 aromatic rings. The minimum atomic E-state index is -1.14. The number of aliphatic hydroxyl groups excluding tert-OH is 2. The predicted molar refractivity (Wildman–Crippen MR) is 150 cm³/mol. The number of unbranched alkanes of at least 4 members (excludes halogenated alkanes) is 8. The molecule has 0 aromatic heterocycles. The van der Waals surface area contributed by atoms with Crippen molar-refractivity contribution in [2.75, 3.05) is 6.61 Å². The molecule has 36 heavy (non-hydrogen) atoms. The summed E-state index contributed by atoms with van der Waals surface area (Å²) in [7, 11) is 2.81. The van der Waals surface area contributed by atoms with E-state index in [4.69, 9.17) is 0 Å². The molecule has 9 heteroatoms.